The minimum Gasteiger partial charge on any atom is -0.478 e. The summed E-state index contributed by atoms with van der Waals surface area (Å²) < 4.78 is 23.4. The number of hydrogen-bond acceptors (Lipinski definition) is 8. The number of esters is 3. The van der Waals surface area contributed by atoms with Gasteiger partial charge in [0.15, 0.2) is 5.60 Å². The van der Waals surface area contributed by atoms with Crippen molar-refractivity contribution in [3.8, 4) is 23.0 Å². The molecule has 0 unspecified atom stereocenters. The molecule has 42 heavy (non-hydrogen) atoms. The van der Waals surface area contributed by atoms with Crippen molar-refractivity contribution >= 4 is 45.4 Å². The van der Waals surface area contributed by atoms with E-state index in [2.05, 4.69) is 0 Å². The lowest BCUT2D eigenvalue weighted by atomic mass is 9.76. The first-order valence-corrected chi connectivity index (χ1v) is 13.0. The van der Waals surface area contributed by atoms with Crippen molar-refractivity contribution in [2.75, 3.05) is 0 Å². The molecule has 0 aromatic heterocycles. The maximum atomic E-state index is 13.4. The SMILES string of the molecule is CC(=O)Oc1ccc2c3c(ccc2c1)C1(OC(=O)c2ccc(C(=O)O)cc21)c1ccc2cc(OC(C)=O)ccc2c1O3. The van der Waals surface area contributed by atoms with Crippen LogP contribution >= 0.6 is 0 Å². The lowest BCUT2D eigenvalue weighted by Crippen LogP contribution is -2.33. The van der Waals surface area contributed by atoms with E-state index < -0.39 is 29.5 Å². The fourth-order valence-electron chi connectivity index (χ4n) is 5.83. The molecule has 0 saturated heterocycles. The minimum absolute atomic E-state index is 0.000332. The van der Waals surface area contributed by atoms with E-state index in [1.807, 2.05) is 0 Å². The third-order valence-electron chi connectivity index (χ3n) is 7.48. The summed E-state index contributed by atoms with van der Waals surface area (Å²) in [5.74, 6) is -1.16. The average molecular weight is 561 g/mol. The second kappa shape index (κ2) is 8.90. The van der Waals surface area contributed by atoms with Crippen molar-refractivity contribution in [2.45, 2.75) is 19.4 Å². The van der Waals surface area contributed by atoms with Crippen LogP contribution in [0.5, 0.6) is 23.0 Å². The van der Waals surface area contributed by atoms with Crippen LogP contribution in [-0.2, 0) is 19.9 Å². The molecule has 1 spiro atoms. The first-order chi connectivity index (χ1) is 20.2. The van der Waals surface area contributed by atoms with E-state index in [-0.39, 0.29) is 11.1 Å². The highest BCUT2D eigenvalue weighted by Crippen LogP contribution is 2.59. The maximum absolute atomic E-state index is 13.4. The maximum Gasteiger partial charge on any atom is 0.340 e. The zero-order valence-corrected chi connectivity index (χ0v) is 22.2. The second-order valence-corrected chi connectivity index (χ2v) is 10.1. The van der Waals surface area contributed by atoms with E-state index in [0.717, 1.165) is 0 Å². The fourth-order valence-corrected chi connectivity index (χ4v) is 5.83. The Labute approximate surface area is 237 Å². The number of carbonyl (C=O) groups excluding carboxylic acids is 3. The predicted octanol–water partition coefficient (Wildman–Crippen LogP) is 6.11. The first kappa shape index (κ1) is 25.3. The molecule has 0 aliphatic carbocycles. The van der Waals surface area contributed by atoms with Gasteiger partial charge in [-0.1, -0.05) is 12.1 Å². The number of carboxylic acid groups (broad SMARTS) is 1. The summed E-state index contributed by atoms with van der Waals surface area (Å²) in [5, 5.41) is 12.5. The average Bonchev–Trinajstić information content (AvgIpc) is 3.23. The van der Waals surface area contributed by atoms with Crippen molar-refractivity contribution in [1.29, 1.82) is 0 Å². The van der Waals surface area contributed by atoms with Gasteiger partial charge in [0, 0.05) is 41.3 Å². The Kier molecular flexibility index (Phi) is 5.36. The molecule has 0 atom stereocenters. The lowest BCUT2D eigenvalue weighted by molar-refractivity contribution is -0.132. The van der Waals surface area contributed by atoms with Crippen LogP contribution in [0.2, 0.25) is 0 Å². The van der Waals surface area contributed by atoms with Crippen molar-refractivity contribution in [3.05, 3.63) is 107 Å². The Balaban J connectivity index is 1.55. The summed E-state index contributed by atoms with van der Waals surface area (Å²) in [6, 6.07) is 21.6. The first-order valence-electron chi connectivity index (χ1n) is 13.0. The van der Waals surface area contributed by atoms with Crippen molar-refractivity contribution in [2.24, 2.45) is 0 Å². The van der Waals surface area contributed by atoms with Crippen LogP contribution in [-0.4, -0.2) is 29.0 Å². The van der Waals surface area contributed by atoms with Gasteiger partial charge in [-0.15, -0.1) is 0 Å². The molecule has 9 nitrogen and oxygen atoms in total. The molecule has 7 rings (SSSR count). The van der Waals surface area contributed by atoms with Gasteiger partial charge in [0.05, 0.1) is 11.1 Å². The summed E-state index contributed by atoms with van der Waals surface area (Å²) >= 11 is 0. The Bertz CT molecular complexity index is 1950. The number of benzene rings is 5. The molecular formula is C33H20O9. The summed E-state index contributed by atoms with van der Waals surface area (Å²) in [6.45, 7) is 2.63. The van der Waals surface area contributed by atoms with E-state index in [0.29, 0.717) is 61.2 Å². The molecule has 0 saturated carbocycles. The van der Waals surface area contributed by atoms with Crippen LogP contribution in [0, 0.1) is 0 Å². The molecule has 0 bridgehead atoms. The third kappa shape index (κ3) is 3.63. The van der Waals surface area contributed by atoms with Crippen molar-refractivity contribution < 1.29 is 43.2 Å². The highest BCUT2D eigenvalue weighted by atomic mass is 16.6. The number of fused-ring (bicyclic) bond motifs is 10. The highest BCUT2D eigenvalue weighted by molar-refractivity contribution is 6.02. The monoisotopic (exact) mass is 560 g/mol. The summed E-state index contributed by atoms with van der Waals surface area (Å²) in [6.07, 6.45) is 0. The molecular weight excluding hydrogens is 540 g/mol. The highest BCUT2D eigenvalue weighted by Gasteiger charge is 2.54. The van der Waals surface area contributed by atoms with Gasteiger partial charge < -0.3 is 24.1 Å². The van der Waals surface area contributed by atoms with Gasteiger partial charge in [-0.05, 0) is 77.5 Å². The van der Waals surface area contributed by atoms with E-state index in [4.69, 9.17) is 18.9 Å². The third-order valence-corrected chi connectivity index (χ3v) is 7.48. The van der Waals surface area contributed by atoms with Crippen LogP contribution in [0.25, 0.3) is 21.5 Å². The molecule has 9 heteroatoms. The van der Waals surface area contributed by atoms with E-state index in [1.54, 1.807) is 60.7 Å². The number of rotatable bonds is 3. The Morgan fingerprint density at radius 1 is 0.690 bits per heavy atom. The van der Waals surface area contributed by atoms with Crippen LogP contribution in [0.15, 0.2) is 78.9 Å². The van der Waals surface area contributed by atoms with Gasteiger partial charge in [0.2, 0.25) is 0 Å². The Hall–Kier alpha value is -5.70. The molecule has 1 N–H and O–H groups in total. The molecule has 206 valence electrons. The van der Waals surface area contributed by atoms with Gasteiger partial charge in [-0.25, -0.2) is 9.59 Å². The smallest absolute Gasteiger partial charge is 0.340 e. The number of ether oxygens (including phenoxy) is 4. The van der Waals surface area contributed by atoms with Gasteiger partial charge >= 0.3 is 23.9 Å². The quantitative estimate of drug-likeness (QED) is 0.205. The number of hydrogen-bond donors (Lipinski definition) is 1. The molecule has 2 heterocycles. The molecule has 2 aliphatic heterocycles. The van der Waals surface area contributed by atoms with Crippen LogP contribution in [0.1, 0.15) is 51.3 Å². The fraction of sp³-hybridized carbons (Fsp3) is 0.0909. The molecule has 0 fully saturated rings. The van der Waals surface area contributed by atoms with E-state index in [9.17, 15) is 24.3 Å². The van der Waals surface area contributed by atoms with E-state index in [1.165, 1.54) is 32.0 Å². The molecule has 0 radical (unpaired) electrons. The topological polar surface area (TPSA) is 125 Å². The number of carboxylic acids is 1. The predicted molar refractivity (Wildman–Crippen MR) is 149 cm³/mol. The van der Waals surface area contributed by atoms with Crippen LogP contribution in [0.4, 0.5) is 0 Å². The largest absolute Gasteiger partial charge is 0.478 e. The summed E-state index contributed by atoms with van der Waals surface area (Å²) in [4.78, 5) is 48.5. The van der Waals surface area contributed by atoms with Crippen LogP contribution < -0.4 is 14.2 Å². The van der Waals surface area contributed by atoms with Crippen LogP contribution in [0.3, 0.4) is 0 Å². The van der Waals surface area contributed by atoms with Gasteiger partial charge in [0.25, 0.3) is 0 Å². The Morgan fingerprint density at radius 2 is 1.24 bits per heavy atom. The van der Waals surface area contributed by atoms with Crippen molar-refractivity contribution in [3.63, 3.8) is 0 Å². The minimum atomic E-state index is -1.52. The van der Waals surface area contributed by atoms with Crippen molar-refractivity contribution in [1.82, 2.24) is 0 Å². The standard InChI is InChI=1S/C33H20O9/c1-16(34)39-21-6-9-23-18(13-21)4-11-26-29(23)41-30-24-10-7-22(40-17(2)35)14-19(24)5-12-27(30)33(26)28-15-20(31(36)37)3-8-25(28)32(38)42-33/h3-15H,1-2H3,(H,36,37). The second-order valence-electron chi connectivity index (χ2n) is 10.1. The zero-order chi connectivity index (χ0) is 29.3. The molecule has 0 amide bonds. The van der Waals surface area contributed by atoms with Gasteiger partial charge in [0.1, 0.15) is 23.0 Å². The van der Waals surface area contributed by atoms with E-state index >= 15 is 0 Å². The summed E-state index contributed by atoms with van der Waals surface area (Å²) in [5.41, 5.74) is 0.118. The van der Waals surface area contributed by atoms with Gasteiger partial charge in [-0.3, -0.25) is 9.59 Å². The zero-order valence-electron chi connectivity index (χ0n) is 22.2. The summed E-state index contributed by atoms with van der Waals surface area (Å²) in [7, 11) is 0. The Morgan fingerprint density at radius 3 is 1.74 bits per heavy atom. The lowest BCUT2D eigenvalue weighted by Gasteiger charge is -2.37. The molecule has 5 aromatic rings. The molecule has 5 aromatic carbocycles. The number of carbonyl (C=O) groups is 4. The van der Waals surface area contributed by atoms with Gasteiger partial charge in [-0.2, -0.15) is 0 Å². The molecule has 2 aliphatic rings. The normalized spacial score (nSPS) is 14.0. The number of aromatic carboxylic acids is 1.